The van der Waals surface area contributed by atoms with Gasteiger partial charge in [0.05, 0.1) is 17.2 Å². The van der Waals surface area contributed by atoms with Crippen molar-refractivity contribution in [2.45, 2.75) is 82.3 Å². The number of hydrogen-bond acceptors (Lipinski definition) is 5. The predicted molar refractivity (Wildman–Crippen MR) is 148 cm³/mol. The van der Waals surface area contributed by atoms with Crippen LogP contribution in [0, 0.1) is 46.2 Å². The number of nitrogens with zero attached hydrogens (tertiary/aromatic N) is 3. The van der Waals surface area contributed by atoms with Crippen LogP contribution in [0.15, 0.2) is 18.2 Å². The van der Waals surface area contributed by atoms with Gasteiger partial charge in [0.1, 0.15) is 36.5 Å². The highest BCUT2D eigenvalue weighted by Crippen LogP contribution is 2.59. The number of rotatable bonds is 4. The molecule has 1 aromatic carbocycles. The minimum absolute atomic E-state index is 0.0257. The lowest BCUT2D eigenvalue weighted by molar-refractivity contribution is -0.157. The Bertz CT molecular complexity index is 1500. The van der Waals surface area contributed by atoms with E-state index in [0.29, 0.717) is 12.0 Å². The molecule has 2 saturated heterocycles. The maximum absolute atomic E-state index is 15.2. The van der Waals surface area contributed by atoms with Gasteiger partial charge in [-0.25, -0.2) is 8.78 Å². The van der Waals surface area contributed by atoms with Gasteiger partial charge in [-0.05, 0) is 53.6 Å². The molecule has 3 aliphatic heterocycles. The van der Waals surface area contributed by atoms with Crippen LogP contribution in [0.25, 0.3) is 0 Å². The van der Waals surface area contributed by atoms with Gasteiger partial charge in [0, 0.05) is 19.5 Å². The number of carbonyl (C=O) groups is 4. The molecule has 4 fully saturated rings. The van der Waals surface area contributed by atoms with Crippen LogP contribution in [-0.4, -0.2) is 77.0 Å². The van der Waals surface area contributed by atoms with Crippen molar-refractivity contribution in [3.8, 4) is 6.07 Å². The summed E-state index contributed by atoms with van der Waals surface area (Å²) >= 11 is 0. The fourth-order valence-corrected chi connectivity index (χ4v) is 8.65. The van der Waals surface area contributed by atoms with Gasteiger partial charge >= 0.3 is 6.18 Å². The van der Waals surface area contributed by atoms with Crippen molar-refractivity contribution < 1.29 is 41.1 Å². The van der Waals surface area contributed by atoms with Crippen molar-refractivity contribution in [2.24, 2.45) is 29.1 Å². The third-order valence-corrected chi connectivity index (χ3v) is 10.6. The van der Waals surface area contributed by atoms with Crippen LogP contribution in [0.3, 0.4) is 0 Å². The molecule has 45 heavy (non-hydrogen) atoms. The number of nitrogens with one attached hydrogen (secondary N) is 2. The van der Waals surface area contributed by atoms with E-state index in [1.807, 2.05) is 0 Å². The molecule has 2 saturated carbocycles. The summed E-state index contributed by atoms with van der Waals surface area (Å²) in [4.78, 5) is 56.9. The molecule has 0 aromatic heterocycles. The van der Waals surface area contributed by atoms with Crippen LogP contribution in [0.2, 0.25) is 0 Å². The lowest BCUT2D eigenvalue weighted by Crippen LogP contribution is -2.60. The van der Waals surface area contributed by atoms with Gasteiger partial charge in [-0.15, -0.1) is 0 Å². The third-order valence-electron chi connectivity index (χ3n) is 10.6. The summed E-state index contributed by atoms with van der Waals surface area (Å²) in [6, 6.07) is 2.41. The van der Waals surface area contributed by atoms with Crippen molar-refractivity contribution in [1.82, 2.24) is 15.1 Å². The van der Waals surface area contributed by atoms with Gasteiger partial charge < -0.3 is 20.4 Å². The maximum atomic E-state index is 15.2. The molecule has 0 unspecified atom stereocenters. The Hall–Kier alpha value is -3.76. The number of fused-ring (bicyclic) bond motifs is 7. The van der Waals surface area contributed by atoms with E-state index < -0.39 is 89.0 Å². The summed E-state index contributed by atoms with van der Waals surface area (Å²) < 4.78 is 68.8. The number of carbonyl (C=O) groups excluding carboxylic acids is 4. The van der Waals surface area contributed by atoms with E-state index in [1.165, 1.54) is 21.9 Å². The van der Waals surface area contributed by atoms with Crippen LogP contribution < -0.4 is 10.6 Å². The van der Waals surface area contributed by atoms with Gasteiger partial charge in [-0.2, -0.15) is 18.4 Å². The monoisotopic (exact) mass is 635 g/mol. The average Bonchev–Trinajstić information content (AvgIpc) is 3.73. The molecule has 3 heterocycles. The zero-order valence-corrected chi connectivity index (χ0v) is 25.0. The summed E-state index contributed by atoms with van der Waals surface area (Å²) in [7, 11) is 0. The summed E-state index contributed by atoms with van der Waals surface area (Å²) in [5.74, 6) is -5.59. The van der Waals surface area contributed by atoms with Gasteiger partial charge in [0.2, 0.25) is 23.6 Å². The summed E-state index contributed by atoms with van der Waals surface area (Å²) in [5.41, 5.74) is -2.20. The Morgan fingerprint density at radius 3 is 2.51 bits per heavy atom. The highest BCUT2D eigenvalue weighted by atomic mass is 19.4. The first-order chi connectivity index (χ1) is 21.0. The number of benzene rings is 1. The first-order valence-electron chi connectivity index (χ1n) is 15.1. The Balaban J connectivity index is 1.36. The van der Waals surface area contributed by atoms with E-state index in [4.69, 9.17) is 0 Å². The van der Waals surface area contributed by atoms with Gasteiger partial charge in [-0.3, -0.25) is 19.2 Å². The second-order valence-corrected chi connectivity index (χ2v) is 14.3. The molecule has 0 radical (unpaired) electrons. The Labute approximate surface area is 256 Å². The number of likely N-dealkylation sites (tertiary alicyclic amines) is 2. The van der Waals surface area contributed by atoms with Crippen molar-refractivity contribution in [2.75, 3.05) is 18.4 Å². The number of amides is 4. The molecule has 1 aromatic rings. The van der Waals surface area contributed by atoms with Crippen LogP contribution >= 0.6 is 0 Å². The standard InChI is InChI=1S/C31H34F5N5O4/c1-29(2,3)25(38-21(42)10-31(34,35)36)27(44)40-12-17-14-7-16(20(33)8-14)22(17)24(40)26(43)41-13-30(9-15(41)11-37)18-5-4-6-19(32)23(18)39-28(30)45/h4-6,14-17,20,22,24-25H,7-10,12-13H2,1-3H3,(H,38,42)(H,39,45)/t14-,15-,16+,17+,20+,22-,24-,25+,30-/m0/s1. The van der Waals surface area contributed by atoms with E-state index in [9.17, 15) is 42.0 Å². The molecule has 5 aliphatic rings. The Morgan fingerprint density at radius 2 is 1.87 bits per heavy atom. The zero-order valence-electron chi connectivity index (χ0n) is 25.0. The maximum Gasteiger partial charge on any atom is 0.397 e. The van der Waals surface area contributed by atoms with E-state index in [-0.39, 0.29) is 43.5 Å². The summed E-state index contributed by atoms with van der Waals surface area (Å²) in [6.07, 6.45) is -7.14. The second kappa shape index (κ2) is 10.4. The first kappa shape index (κ1) is 31.2. The molecular weight excluding hydrogens is 601 g/mol. The third kappa shape index (κ3) is 4.93. The topological polar surface area (TPSA) is 123 Å². The number of hydrogen-bond donors (Lipinski definition) is 2. The van der Waals surface area contributed by atoms with Gasteiger partial charge in [-0.1, -0.05) is 32.9 Å². The number of alkyl halides is 4. The minimum Gasteiger partial charge on any atom is -0.344 e. The van der Waals surface area contributed by atoms with Crippen molar-refractivity contribution in [3.05, 3.63) is 29.6 Å². The number of nitriles is 1. The quantitative estimate of drug-likeness (QED) is 0.491. The molecular formula is C31H34F5N5O4. The van der Waals surface area contributed by atoms with Crippen molar-refractivity contribution in [3.63, 3.8) is 0 Å². The van der Waals surface area contributed by atoms with Gasteiger partial charge in [0.25, 0.3) is 0 Å². The zero-order chi connectivity index (χ0) is 32.8. The van der Waals surface area contributed by atoms with E-state index in [1.54, 1.807) is 26.8 Å². The molecule has 4 amide bonds. The molecule has 242 valence electrons. The highest BCUT2D eigenvalue weighted by molar-refractivity contribution is 6.07. The highest BCUT2D eigenvalue weighted by Gasteiger charge is 2.65. The second-order valence-electron chi connectivity index (χ2n) is 14.3. The SMILES string of the molecule is CC(C)(C)[C@H](NC(=O)CC(F)(F)F)C(=O)N1C[C@@H]2[C@H]3C[C@@H]([C@@H]2[C@H]1C(=O)N1C[C@]2(C[C@H]1C#N)C(=O)Nc1c(F)cccc12)[C@H](F)C3. The van der Waals surface area contributed by atoms with Crippen LogP contribution in [0.4, 0.5) is 27.6 Å². The Morgan fingerprint density at radius 1 is 1.16 bits per heavy atom. The van der Waals surface area contributed by atoms with Crippen LogP contribution in [0.1, 0.15) is 52.0 Å². The smallest absolute Gasteiger partial charge is 0.344 e. The van der Waals surface area contributed by atoms with Gasteiger partial charge in [0.15, 0.2) is 0 Å². The molecule has 6 rings (SSSR count). The number of para-hydroxylation sites is 1. The summed E-state index contributed by atoms with van der Waals surface area (Å²) in [5, 5.41) is 14.9. The van der Waals surface area contributed by atoms with Crippen LogP contribution in [0.5, 0.6) is 0 Å². The summed E-state index contributed by atoms with van der Waals surface area (Å²) in [6.45, 7) is 4.48. The first-order valence-corrected chi connectivity index (χ1v) is 15.1. The number of halogens is 5. The molecule has 2 bridgehead atoms. The molecule has 2 N–H and O–H groups in total. The van der Waals surface area contributed by atoms with E-state index in [2.05, 4.69) is 16.7 Å². The molecule has 2 aliphatic carbocycles. The Kier molecular flexibility index (Phi) is 7.21. The van der Waals surface area contributed by atoms with E-state index >= 15 is 4.39 Å². The van der Waals surface area contributed by atoms with Crippen LogP contribution in [-0.2, 0) is 24.6 Å². The lowest BCUT2D eigenvalue weighted by atomic mass is 9.77. The predicted octanol–water partition coefficient (Wildman–Crippen LogP) is 3.44. The van der Waals surface area contributed by atoms with Crippen molar-refractivity contribution >= 4 is 29.3 Å². The fourth-order valence-electron chi connectivity index (χ4n) is 8.65. The average molecular weight is 636 g/mol. The molecule has 9 nitrogen and oxygen atoms in total. The largest absolute Gasteiger partial charge is 0.397 e. The fraction of sp³-hybridized carbons (Fsp3) is 0.645. The van der Waals surface area contributed by atoms with E-state index in [0.717, 1.165) is 0 Å². The number of anilines is 1. The molecule has 9 atom stereocenters. The molecule has 14 heteroatoms. The van der Waals surface area contributed by atoms with Crippen molar-refractivity contribution in [1.29, 1.82) is 5.26 Å². The molecule has 1 spiro atoms. The normalized spacial score (nSPS) is 34.0. The lowest BCUT2D eigenvalue weighted by Gasteiger charge is -2.38. The minimum atomic E-state index is -4.81.